The Kier molecular flexibility index (Phi) is 3.22. The lowest BCUT2D eigenvalue weighted by Gasteiger charge is -2.07. The molecule has 2 N–H and O–H groups in total. The molecule has 1 amide bonds. The van der Waals surface area contributed by atoms with Crippen LogP contribution in [-0.2, 0) is 0 Å². The zero-order valence-electron chi connectivity index (χ0n) is 11.8. The highest BCUT2D eigenvalue weighted by Gasteiger charge is 2.15. The van der Waals surface area contributed by atoms with Gasteiger partial charge in [-0.1, -0.05) is 18.2 Å². The van der Waals surface area contributed by atoms with Gasteiger partial charge in [-0.2, -0.15) is 0 Å². The second-order valence-electron chi connectivity index (χ2n) is 5.08. The van der Waals surface area contributed by atoms with Gasteiger partial charge in [0.25, 0.3) is 5.91 Å². The average Bonchev–Trinajstić information content (AvgIpc) is 2.79. The molecule has 0 bridgehead atoms. The number of H-pyrrole nitrogens is 1. The van der Waals surface area contributed by atoms with Crippen LogP contribution in [0.2, 0.25) is 0 Å². The summed E-state index contributed by atoms with van der Waals surface area (Å²) in [5.41, 5.74) is 3.72. The number of aromatic nitrogens is 1. The van der Waals surface area contributed by atoms with Crippen molar-refractivity contribution in [2.24, 2.45) is 0 Å². The molecular weight excluding hydrogens is 267 g/mol. The van der Waals surface area contributed by atoms with E-state index < -0.39 is 0 Å². The first-order valence-electron chi connectivity index (χ1n) is 6.71. The van der Waals surface area contributed by atoms with E-state index in [-0.39, 0.29) is 11.7 Å². The molecule has 0 aliphatic carbocycles. The Morgan fingerprint density at radius 2 is 1.90 bits per heavy atom. The maximum atomic E-state index is 13.3. The third-order valence-electron chi connectivity index (χ3n) is 3.64. The zero-order valence-corrected chi connectivity index (χ0v) is 11.8. The van der Waals surface area contributed by atoms with Crippen molar-refractivity contribution >= 4 is 22.5 Å². The molecule has 3 rings (SSSR count). The lowest BCUT2D eigenvalue weighted by atomic mass is 10.1. The number of rotatable bonds is 2. The summed E-state index contributed by atoms with van der Waals surface area (Å²) in [5, 5.41) is 3.61. The summed E-state index contributed by atoms with van der Waals surface area (Å²) >= 11 is 0. The number of anilines is 1. The average molecular weight is 282 g/mol. The number of hydrogen-bond acceptors (Lipinski definition) is 1. The first-order chi connectivity index (χ1) is 10.1. The summed E-state index contributed by atoms with van der Waals surface area (Å²) in [6.07, 6.45) is 0. The van der Waals surface area contributed by atoms with E-state index in [0.29, 0.717) is 5.69 Å². The molecule has 1 aromatic heterocycles. The second-order valence-corrected chi connectivity index (χ2v) is 5.08. The van der Waals surface area contributed by atoms with Gasteiger partial charge >= 0.3 is 0 Å². The van der Waals surface area contributed by atoms with Gasteiger partial charge in [-0.3, -0.25) is 4.79 Å². The van der Waals surface area contributed by atoms with Gasteiger partial charge in [-0.05, 0) is 49.2 Å². The van der Waals surface area contributed by atoms with Gasteiger partial charge < -0.3 is 10.3 Å². The number of hydrogen-bond donors (Lipinski definition) is 2. The Hall–Kier alpha value is -2.62. The highest BCUT2D eigenvalue weighted by molar-refractivity contribution is 6.08. The van der Waals surface area contributed by atoms with Crippen molar-refractivity contribution in [1.29, 1.82) is 0 Å². The number of benzene rings is 2. The third kappa shape index (κ3) is 2.40. The highest BCUT2D eigenvalue weighted by atomic mass is 19.1. The predicted octanol–water partition coefficient (Wildman–Crippen LogP) is 4.18. The Balaban J connectivity index is 1.99. The van der Waals surface area contributed by atoms with E-state index in [2.05, 4.69) is 10.3 Å². The van der Waals surface area contributed by atoms with Crippen LogP contribution in [0.15, 0.2) is 42.5 Å². The Morgan fingerprint density at radius 3 is 2.67 bits per heavy atom. The molecule has 0 spiro atoms. The summed E-state index contributed by atoms with van der Waals surface area (Å²) < 4.78 is 13.3. The molecule has 2 aromatic carbocycles. The minimum Gasteiger partial charge on any atom is -0.350 e. The molecule has 4 heteroatoms. The van der Waals surface area contributed by atoms with Crippen LogP contribution >= 0.6 is 0 Å². The number of aryl methyl sites for hydroxylation is 2. The molecule has 3 nitrogen and oxygen atoms in total. The minimum atomic E-state index is -0.310. The molecule has 0 saturated carbocycles. The number of carbonyl (C=O) groups excluding carboxylic acids is 1. The molecule has 0 aliphatic heterocycles. The monoisotopic (exact) mass is 282 g/mol. The predicted molar refractivity (Wildman–Crippen MR) is 82.1 cm³/mol. The molecule has 0 aliphatic rings. The van der Waals surface area contributed by atoms with Gasteiger partial charge in [0, 0.05) is 16.6 Å². The Bertz CT molecular complexity index is 836. The molecule has 0 fully saturated rings. The fraction of sp³-hybridized carbons (Fsp3) is 0.118. The molecule has 0 saturated heterocycles. The highest BCUT2D eigenvalue weighted by Crippen LogP contribution is 2.24. The van der Waals surface area contributed by atoms with Crippen molar-refractivity contribution in [2.75, 3.05) is 5.32 Å². The van der Waals surface area contributed by atoms with Crippen molar-refractivity contribution in [3.63, 3.8) is 0 Å². The number of fused-ring (bicyclic) bond motifs is 1. The summed E-state index contributed by atoms with van der Waals surface area (Å²) in [5.74, 6) is -0.533. The number of halogens is 1. The molecule has 3 aromatic rings. The quantitative estimate of drug-likeness (QED) is 0.727. The van der Waals surface area contributed by atoms with Crippen molar-refractivity contribution in [3.05, 3.63) is 65.1 Å². The van der Waals surface area contributed by atoms with Gasteiger partial charge in [0.05, 0.1) is 0 Å². The molecular formula is C17H15FN2O. The van der Waals surface area contributed by atoms with Gasteiger partial charge in [0.2, 0.25) is 0 Å². The number of para-hydroxylation sites is 1. The molecule has 0 atom stereocenters. The van der Waals surface area contributed by atoms with Crippen LogP contribution in [0.3, 0.4) is 0 Å². The standard InChI is InChI=1S/C17H15FN2O/c1-10-5-3-4-6-14(10)20-17(21)16-11(2)13-9-12(18)7-8-15(13)19-16/h3-9,19H,1-2H3,(H,20,21). The van der Waals surface area contributed by atoms with Crippen LogP contribution in [0.4, 0.5) is 10.1 Å². The van der Waals surface area contributed by atoms with Gasteiger partial charge in [-0.15, -0.1) is 0 Å². The molecule has 0 radical (unpaired) electrons. The van der Waals surface area contributed by atoms with Crippen molar-refractivity contribution in [1.82, 2.24) is 4.98 Å². The van der Waals surface area contributed by atoms with E-state index in [1.165, 1.54) is 12.1 Å². The van der Waals surface area contributed by atoms with Gasteiger partial charge in [0.1, 0.15) is 11.5 Å². The Labute approximate surface area is 121 Å². The third-order valence-corrected chi connectivity index (χ3v) is 3.64. The molecule has 1 heterocycles. The molecule has 21 heavy (non-hydrogen) atoms. The smallest absolute Gasteiger partial charge is 0.272 e. The maximum Gasteiger partial charge on any atom is 0.272 e. The number of amides is 1. The van der Waals surface area contributed by atoms with Crippen LogP contribution in [-0.4, -0.2) is 10.9 Å². The topological polar surface area (TPSA) is 44.9 Å². The number of aromatic amines is 1. The fourth-order valence-electron chi connectivity index (χ4n) is 2.42. The fourth-order valence-corrected chi connectivity index (χ4v) is 2.42. The summed E-state index contributed by atoms with van der Waals surface area (Å²) in [6, 6.07) is 12.0. The van der Waals surface area contributed by atoms with Crippen molar-refractivity contribution in [3.8, 4) is 0 Å². The first-order valence-corrected chi connectivity index (χ1v) is 6.71. The molecule has 106 valence electrons. The van der Waals surface area contributed by atoms with Crippen LogP contribution in [0.1, 0.15) is 21.6 Å². The van der Waals surface area contributed by atoms with Crippen LogP contribution in [0, 0.1) is 19.7 Å². The minimum absolute atomic E-state index is 0.224. The van der Waals surface area contributed by atoms with Crippen LogP contribution < -0.4 is 5.32 Å². The van der Waals surface area contributed by atoms with Crippen molar-refractivity contribution < 1.29 is 9.18 Å². The van der Waals surface area contributed by atoms with E-state index in [9.17, 15) is 9.18 Å². The van der Waals surface area contributed by atoms with E-state index >= 15 is 0 Å². The van der Waals surface area contributed by atoms with Gasteiger partial charge in [-0.25, -0.2) is 4.39 Å². The Morgan fingerprint density at radius 1 is 1.14 bits per heavy atom. The number of carbonyl (C=O) groups is 1. The van der Waals surface area contributed by atoms with E-state index in [1.807, 2.05) is 38.1 Å². The lowest BCUT2D eigenvalue weighted by molar-refractivity contribution is 0.102. The summed E-state index contributed by atoms with van der Waals surface area (Å²) in [7, 11) is 0. The molecule has 0 unspecified atom stereocenters. The maximum absolute atomic E-state index is 13.3. The van der Waals surface area contributed by atoms with Crippen LogP contribution in [0.5, 0.6) is 0 Å². The van der Waals surface area contributed by atoms with E-state index in [1.54, 1.807) is 6.07 Å². The lowest BCUT2D eigenvalue weighted by Crippen LogP contribution is -2.14. The first kappa shape index (κ1) is 13.4. The summed E-state index contributed by atoms with van der Waals surface area (Å²) in [6.45, 7) is 3.74. The van der Waals surface area contributed by atoms with E-state index in [0.717, 1.165) is 27.7 Å². The summed E-state index contributed by atoms with van der Waals surface area (Å²) in [4.78, 5) is 15.5. The second kappa shape index (κ2) is 5.05. The van der Waals surface area contributed by atoms with Crippen molar-refractivity contribution in [2.45, 2.75) is 13.8 Å². The SMILES string of the molecule is Cc1ccccc1NC(=O)c1[nH]c2ccc(F)cc2c1C. The largest absolute Gasteiger partial charge is 0.350 e. The van der Waals surface area contributed by atoms with Gasteiger partial charge in [0.15, 0.2) is 0 Å². The van der Waals surface area contributed by atoms with E-state index in [4.69, 9.17) is 0 Å². The number of nitrogens with one attached hydrogen (secondary N) is 2. The zero-order chi connectivity index (χ0) is 15.0. The van der Waals surface area contributed by atoms with Crippen LogP contribution in [0.25, 0.3) is 10.9 Å². The normalized spacial score (nSPS) is 10.8.